The second kappa shape index (κ2) is 5.53. The van der Waals surface area contributed by atoms with Crippen molar-refractivity contribution in [3.05, 3.63) is 0 Å². The molecule has 0 aromatic carbocycles. The Morgan fingerprint density at radius 1 is 1.46 bits per heavy atom. The fraction of sp³-hybridized carbons (Fsp3) is 0.750. The molecule has 0 heterocycles. The first-order chi connectivity index (χ1) is 5.99. The first-order valence-corrected chi connectivity index (χ1v) is 4.27. The van der Waals surface area contributed by atoms with Crippen LogP contribution in [0.25, 0.3) is 0 Å². The second-order valence-corrected chi connectivity index (χ2v) is 3.06. The van der Waals surface area contributed by atoms with Gasteiger partial charge in [-0.25, -0.2) is 0 Å². The van der Waals surface area contributed by atoms with Crippen molar-refractivity contribution in [2.24, 2.45) is 11.5 Å². The lowest BCUT2D eigenvalue weighted by atomic mass is 10.1. The largest absolute Gasteiger partial charge is 0.368 e. The van der Waals surface area contributed by atoms with Crippen LogP contribution in [0.1, 0.15) is 19.8 Å². The molecule has 0 saturated heterocycles. The first kappa shape index (κ1) is 11.9. The predicted molar refractivity (Wildman–Crippen MR) is 49.7 cm³/mol. The lowest BCUT2D eigenvalue weighted by Gasteiger charge is -2.19. The van der Waals surface area contributed by atoms with E-state index in [1.807, 2.05) is 6.92 Å². The number of nitrogens with two attached hydrogens (primary N) is 2. The number of rotatable bonds is 5. The monoisotopic (exact) mass is 187 g/mol. The summed E-state index contributed by atoms with van der Waals surface area (Å²) in [6, 6.07) is -0.519. The Morgan fingerprint density at radius 2 is 2.00 bits per heavy atom. The quantitative estimate of drug-likeness (QED) is 0.582. The third-order valence-corrected chi connectivity index (χ3v) is 1.69. The van der Waals surface area contributed by atoms with Gasteiger partial charge >= 0.3 is 0 Å². The Kier molecular flexibility index (Phi) is 5.06. The van der Waals surface area contributed by atoms with Gasteiger partial charge in [0.15, 0.2) is 0 Å². The number of hydrogen-bond donors (Lipinski definition) is 2. The maximum Gasteiger partial charge on any atom is 0.239 e. The van der Waals surface area contributed by atoms with Gasteiger partial charge in [0.25, 0.3) is 0 Å². The van der Waals surface area contributed by atoms with Crippen LogP contribution in [0.5, 0.6) is 0 Å². The Labute approximate surface area is 78.1 Å². The van der Waals surface area contributed by atoms with E-state index < -0.39 is 11.9 Å². The average molecular weight is 187 g/mol. The van der Waals surface area contributed by atoms with Crippen LogP contribution in [-0.2, 0) is 9.59 Å². The van der Waals surface area contributed by atoms with Crippen molar-refractivity contribution in [1.29, 1.82) is 0 Å². The third-order valence-electron chi connectivity index (χ3n) is 1.69. The number of hydrogen-bond acceptors (Lipinski definition) is 3. The second-order valence-electron chi connectivity index (χ2n) is 3.06. The van der Waals surface area contributed by atoms with Crippen LogP contribution in [0.3, 0.4) is 0 Å². The molecule has 0 bridgehead atoms. The van der Waals surface area contributed by atoms with Crippen LogP contribution in [0.2, 0.25) is 0 Å². The van der Waals surface area contributed by atoms with Crippen molar-refractivity contribution in [3.63, 3.8) is 0 Å². The molecule has 1 atom stereocenters. The SMILES string of the molecule is CCC[C@H](N)C(=O)N(C)CC(N)=O. The summed E-state index contributed by atoms with van der Waals surface area (Å²) in [4.78, 5) is 23.1. The minimum Gasteiger partial charge on any atom is -0.368 e. The summed E-state index contributed by atoms with van der Waals surface area (Å²) in [7, 11) is 1.52. The predicted octanol–water partition coefficient (Wildman–Crippen LogP) is -0.942. The first-order valence-electron chi connectivity index (χ1n) is 4.27. The molecule has 0 spiro atoms. The number of carbonyl (C=O) groups is 2. The van der Waals surface area contributed by atoms with Crippen LogP contribution in [0, 0.1) is 0 Å². The fourth-order valence-electron chi connectivity index (χ4n) is 1.03. The van der Waals surface area contributed by atoms with Gasteiger partial charge in [0.05, 0.1) is 12.6 Å². The van der Waals surface area contributed by atoms with Crippen LogP contribution < -0.4 is 11.5 Å². The highest BCUT2D eigenvalue weighted by Crippen LogP contribution is 1.97. The third kappa shape index (κ3) is 4.47. The summed E-state index contributed by atoms with van der Waals surface area (Å²) in [5.74, 6) is -0.764. The molecule has 0 aromatic rings. The Hall–Kier alpha value is -1.10. The van der Waals surface area contributed by atoms with Gasteiger partial charge in [-0.1, -0.05) is 13.3 Å². The molecule has 0 radical (unpaired) electrons. The van der Waals surface area contributed by atoms with E-state index in [9.17, 15) is 9.59 Å². The lowest BCUT2D eigenvalue weighted by molar-refractivity contribution is -0.135. The van der Waals surface area contributed by atoms with E-state index in [0.717, 1.165) is 6.42 Å². The number of likely N-dealkylation sites (N-methyl/N-ethyl adjacent to an activating group) is 1. The number of amides is 2. The molecule has 0 unspecified atom stereocenters. The van der Waals surface area contributed by atoms with Gasteiger partial charge in [0, 0.05) is 7.05 Å². The molecule has 5 heteroatoms. The van der Waals surface area contributed by atoms with E-state index in [0.29, 0.717) is 6.42 Å². The molecule has 0 fully saturated rings. The highest BCUT2D eigenvalue weighted by atomic mass is 16.2. The molecular weight excluding hydrogens is 170 g/mol. The van der Waals surface area contributed by atoms with E-state index in [1.54, 1.807) is 0 Å². The Bertz CT molecular complexity index is 194. The molecule has 5 nitrogen and oxygen atoms in total. The molecule has 0 aliphatic heterocycles. The van der Waals surface area contributed by atoms with Crippen molar-refractivity contribution in [1.82, 2.24) is 4.90 Å². The summed E-state index contributed by atoms with van der Waals surface area (Å²) in [6.45, 7) is 1.87. The topological polar surface area (TPSA) is 89.4 Å². The fourth-order valence-corrected chi connectivity index (χ4v) is 1.03. The molecule has 13 heavy (non-hydrogen) atoms. The minimum absolute atomic E-state index is 0.0732. The van der Waals surface area contributed by atoms with Gasteiger partial charge in [-0.05, 0) is 6.42 Å². The summed E-state index contributed by atoms with van der Waals surface area (Å²) >= 11 is 0. The lowest BCUT2D eigenvalue weighted by Crippen LogP contribution is -2.44. The molecule has 76 valence electrons. The van der Waals surface area contributed by atoms with Crippen molar-refractivity contribution >= 4 is 11.8 Å². The van der Waals surface area contributed by atoms with Crippen LogP contribution in [0.15, 0.2) is 0 Å². The standard InChI is InChI=1S/C8H17N3O2/c1-3-4-6(9)8(13)11(2)5-7(10)12/h6H,3-5,9H2,1-2H3,(H2,10,12)/t6-/m0/s1. The maximum atomic E-state index is 11.4. The average Bonchev–Trinajstić information content (AvgIpc) is 2.02. The van der Waals surface area contributed by atoms with Gasteiger partial charge in [-0.3, -0.25) is 9.59 Å². The highest BCUT2D eigenvalue weighted by molar-refractivity contribution is 5.86. The molecule has 0 saturated carbocycles. The zero-order valence-corrected chi connectivity index (χ0v) is 8.12. The van der Waals surface area contributed by atoms with Gasteiger partial charge in [-0.15, -0.1) is 0 Å². The highest BCUT2D eigenvalue weighted by Gasteiger charge is 2.17. The summed E-state index contributed by atoms with van der Waals surface area (Å²) < 4.78 is 0. The van der Waals surface area contributed by atoms with Crippen molar-refractivity contribution < 1.29 is 9.59 Å². The zero-order valence-electron chi connectivity index (χ0n) is 8.12. The van der Waals surface area contributed by atoms with Crippen LogP contribution in [-0.4, -0.2) is 36.3 Å². The smallest absolute Gasteiger partial charge is 0.239 e. The molecule has 4 N–H and O–H groups in total. The molecule has 0 aliphatic rings. The van der Waals surface area contributed by atoms with E-state index in [-0.39, 0.29) is 12.5 Å². The number of carbonyl (C=O) groups excluding carboxylic acids is 2. The van der Waals surface area contributed by atoms with E-state index in [2.05, 4.69) is 0 Å². The molecule has 0 rings (SSSR count). The van der Waals surface area contributed by atoms with Gasteiger partial charge in [-0.2, -0.15) is 0 Å². The summed E-state index contributed by atoms with van der Waals surface area (Å²) in [5, 5.41) is 0. The van der Waals surface area contributed by atoms with Crippen LogP contribution >= 0.6 is 0 Å². The van der Waals surface area contributed by atoms with Crippen molar-refractivity contribution in [2.45, 2.75) is 25.8 Å². The number of primary amides is 1. The minimum atomic E-state index is -0.528. The van der Waals surface area contributed by atoms with E-state index in [4.69, 9.17) is 11.5 Å². The Morgan fingerprint density at radius 3 is 2.38 bits per heavy atom. The van der Waals surface area contributed by atoms with E-state index >= 15 is 0 Å². The zero-order chi connectivity index (χ0) is 10.4. The molecule has 2 amide bonds. The van der Waals surface area contributed by atoms with E-state index in [1.165, 1.54) is 11.9 Å². The van der Waals surface area contributed by atoms with Gasteiger partial charge in [0.2, 0.25) is 11.8 Å². The molecular formula is C8H17N3O2. The molecule has 0 aliphatic carbocycles. The number of nitrogens with zero attached hydrogens (tertiary/aromatic N) is 1. The van der Waals surface area contributed by atoms with Gasteiger partial charge in [0.1, 0.15) is 0 Å². The Balaban J connectivity index is 4.01. The van der Waals surface area contributed by atoms with Crippen molar-refractivity contribution in [2.75, 3.05) is 13.6 Å². The summed E-state index contributed by atoms with van der Waals surface area (Å²) in [6.07, 6.45) is 1.47. The maximum absolute atomic E-state index is 11.4. The van der Waals surface area contributed by atoms with Crippen molar-refractivity contribution in [3.8, 4) is 0 Å². The normalized spacial score (nSPS) is 12.2. The van der Waals surface area contributed by atoms with Gasteiger partial charge < -0.3 is 16.4 Å². The molecule has 0 aromatic heterocycles. The summed E-state index contributed by atoms with van der Waals surface area (Å²) in [5.41, 5.74) is 10.5. The van der Waals surface area contributed by atoms with Crippen LogP contribution in [0.4, 0.5) is 0 Å².